The highest BCUT2D eigenvalue weighted by Gasteiger charge is 2.47. The Balaban J connectivity index is 2.13. The summed E-state index contributed by atoms with van der Waals surface area (Å²) in [7, 11) is 0. The molecule has 0 aliphatic carbocycles. The lowest BCUT2D eigenvalue weighted by Crippen LogP contribution is -2.42. The molecule has 0 spiro atoms. The van der Waals surface area contributed by atoms with Crippen LogP contribution in [0, 0.1) is 5.41 Å². The van der Waals surface area contributed by atoms with E-state index >= 15 is 0 Å². The number of carbonyl (C=O) groups excluding carboxylic acids is 2. The molecule has 0 aromatic heterocycles. The zero-order valence-electron chi connectivity index (χ0n) is 10.0. The third-order valence-corrected chi connectivity index (χ3v) is 3.38. The number of benzene rings is 1. The number of nitrogens with zero attached hydrogens (tertiary/aromatic N) is 1. The summed E-state index contributed by atoms with van der Waals surface area (Å²) in [6.45, 7) is 0.237. The molecule has 1 fully saturated rings. The van der Waals surface area contributed by atoms with E-state index in [0.29, 0.717) is 6.54 Å². The third kappa shape index (κ3) is 2.22. The van der Waals surface area contributed by atoms with Crippen molar-refractivity contribution in [3.8, 4) is 0 Å². The van der Waals surface area contributed by atoms with Crippen LogP contribution in [-0.4, -0.2) is 35.0 Å². The fourth-order valence-corrected chi connectivity index (χ4v) is 2.21. The van der Waals surface area contributed by atoms with E-state index in [1.54, 1.807) is 4.90 Å². The van der Waals surface area contributed by atoms with Crippen LogP contribution in [0.4, 0.5) is 0 Å². The first-order valence-corrected chi connectivity index (χ1v) is 5.80. The van der Waals surface area contributed by atoms with Gasteiger partial charge in [-0.3, -0.25) is 9.59 Å². The number of carbonyl (C=O) groups is 2. The van der Waals surface area contributed by atoms with Gasteiger partial charge in [-0.2, -0.15) is 0 Å². The topological polar surface area (TPSA) is 83.6 Å². The molecule has 1 atom stereocenters. The average Bonchev–Trinajstić information content (AvgIpc) is 2.69. The normalized spacial score (nSPS) is 23.4. The maximum atomic E-state index is 11.9. The Kier molecular flexibility index (Phi) is 3.34. The van der Waals surface area contributed by atoms with Crippen LogP contribution in [0.15, 0.2) is 30.3 Å². The van der Waals surface area contributed by atoms with Gasteiger partial charge in [0.05, 0.1) is 12.0 Å². The Morgan fingerprint density at radius 3 is 2.56 bits per heavy atom. The highest BCUT2D eigenvalue weighted by atomic mass is 16.3. The van der Waals surface area contributed by atoms with Crippen LogP contribution in [0.3, 0.4) is 0 Å². The van der Waals surface area contributed by atoms with Gasteiger partial charge in [-0.1, -0.05) is 30.3 Å². The fourth-order valence-electron chi connectivity index (χ4n) is 2.21. The SMILES string of the molecule is NC(=O)C1(CO)CC(=O)N(Cc2ccccc2)C1. The van der Waals surface area contributed by atoms with Gasteiger partial charge in [-0.25, -0.2) is 0 Å². The largest absolute Gasteiger partial charge is 0.395 e. The number of hydrogen-bond acceptors (Lipinski definition) is 3. The molecule has 0 bridgehead atoms. The first kappa shape index (κ1) is 12.6. The predicted octanol–water partition coefficient (Wildman–Crippen LogP) is -0.117. The molecule has 1 aliphatic heterocycles. The van der Waals surface area contributed by atoms with E-state index in [-0.39, 0.29) is 25.5 Å². The van der Waals surface area contributed by atoms with Crippen molar-refractivity contribution in [1.29, 1.82) is 0 Å². The Morgan fingerprint density at radius 2 is 2.06 bits per heavy atom. The van der Waals surface area contributed by atoms with Gasteiger partial charge in [0.1, 0.15) is 0 Å². The van der Waals surface area contributed by atoms with Gasteiger partial charge in [-0.05, 0) is 5.56 Å². The molecule has 1 heterocycles. The number of rotatable bonds is 4. The molecule has 1 aromatic carbocycles. The molecule has 5 nitrogen and oxygen atoms in total. The summed E-state index contributed by atoms with van der Waals surface area (Å²) in [5.74, 6) is -0.763. The van der Waals surface area contributed by atoms with Crippen LogP contribution in [-0.2, 0) is 16.1 Å². The van der Waals surface area contributed by atoms with Gasteiger partial charge in [0, 0.05) is 19.5 Å². The number of aliphatic hydroxyl groups is 1. The molecule has 0 saturated carbocycles. The smallest absolute Gasteiger partial charge is 0.228 e. The van der Waals surface area contributed by atoms with E-state index in [0.717, 1.165) is 5.56 Å². The lowest BCUT2D eigenvalue weighted by Gasteiger charge is -2.22. The van der Waals surface area contributed by atoms with E-state index < -0.39 is 11.3 Å². The molecule has 1 aliphatic rings. The molecule has 18 heavy (non-hydrogen) atoms. The number of primary amides is 1. The van der Waals surface area contributed by atoms with Crippen molar-refractivity contribution < 1.29 is 14.7 Å². The Hall–Kier alpha value is -1.88. The van der Waals surface area contributed by atoms with Crippen molar-refractivity contribution in [2.45, 2.75) is 13.0 Å². The standard InChI is InChI=1S/C13H16N2O3/c14-12(18)13(9-16)6-11(17)15(8-13)7-10-4-2-1-3-5-10/h1-5,16H,6-9H2,(H2,14,18). The number of aliphatic hydroxyl groups excluding tert-OH is 1. The van der Waals surface area contributed by atoms with Crippen molar-refractivity contribution in [3.63, 3.8) is 0 Å². The van der Waals surface area contributed by atoms with Crippen molar-refractivity contribution in [1.82, 2.24) is 4.90 Å². The second-order valence-electron chi connectivity index (χ2n) is 4.71. The van der Waals surface area contributed by atoms with Gasteiger partial charge >= 0.3 is 0 Å². The zero-order chi connectivity index (χ0) is 13.2. The van der Waals surface area contributed by atoms with Gasteiger partial charge in [-0.15, -0.1) is 0 Å². The second-order valence-corrected chi connectivity index (χ2v) is 4.71. The molecule has 96 valence electrons. The molecule has 5 heteroatoms. The molecule has 1 unspecified atom stereocenters. The third-order valence-electron chi connectivity index (χ3n) is 3.38. The Morgan fingerprint density at radius 1 is 1.39 bits per heavy atom. The first-order valence-electron chi connectivity index (χ1n) is 5.80. The maximum absolute atomic E-state index is 11.9. The van der Waals surface area contributed by atoms with Gasteiger partial charge in [0.25, 0.3) is 0 Å². The number of amides is 2. The maximum Gasteiger partial charge on any atom is 0.228 e. The van der Waals surface area contributed by atoms with Gasteiger partial charge in [0.2, 0.25) is 11.8 Å². The Labute approximate surface area is 105 Å². The summed E-state index contributed by atoms with van der Waals surface area (Å²) in [6, 6.07) is 9.51. The molecular weight excluding hydrogens is 232 g/mol. The molecule has 0 radical (unpaired) electrons. The summed E-state index contributed by atoms with van der Waals surface area (Å²) in [4.78, 5) is 24.8. The molecule has 1 saturated heterocycles. The average molecular weight is 248 g/mol. The molecule has 1 aromatic rings. The minimum Gasteiger partial charge on any atom is -0.395 e. The fraction of sp³-hybridized carbons (Fsp3) is 0.385. The van der Waals surface area contributed by atoms with Crippen molar-refractivity contribution >= 4 is 11.8 Å². The van der Waals surface area contributed by atoms with Crippen LogP contribution in [0.5, 0.6) is 0 Å². The minimum absolute atomic E-state index is 0.00827. The molecule has 2 rings (SSSR count). The Bertz CT molecular complexity index is 461. The molecule has 3 N–H and O–H groups in total. The monoisotopic (exact) mass is 248 g/mol. The molecule has 2 amide bonds. The van der Waals surface area contributed by atoms with Gasteiger partial charge < -0.3 is 15.7 Å². The minimum atomic E-state index is -1.12. The van der Waals surface area contributed by atoms with Crippen LogP contribution in [0.25, 0.3) is 0 Å². The van der Waals surface area contributed by atoms with Crippen molar-refractivity contribution in [3.05, 3.63) is 35.9 Å². The van der Waals surface area contributed by atoms with Crippen molar-refractivity contribution in [2.75, 3.05) is 13.2 Å². The summed E-state index contributed by atoms with van der Waals surface area (Å²) in [6.07, 6.45) is -0.00827. The lowest BCUT2D eigenvalue weighted by atomic mass is 9.87. The summed E-state index contributed by atoms with van der Waals surface area (Å²) in [5, 5.41) is 9.31. The van der Waals surface area contributed by atoms with Crippen LogP contribution >= 0.6 is 0 Å². The highest BCUT2D eigenvalue weighted by Crippen LogP contribution is 2.31. The lowest BCUT2D eigenvalue weighted by molar-refractivity contribution is -0.131. The number of hydrogen-bond donors (Lipinski definition) is 2. The summed E-state index contributed by atoms with van der Waals surface area (Å²) >= 11 is 0. The van der Waals surface area contributed by atoms with Gasteiger partial charge in [0.15, 0.2) is 0 Å². The van der Waals surface area contributed by atoms with Crippen LogP contribution in [0.2, 0.25) is 0 Å². The first-order chi connectivity index (χ1) is 8.57. The van der Waals surface area contributed by atoms with E-state index in [2.05, 4.69) is 0 Å². The van der Waals surface area contributed by atoms with Crippen molar-refractivity contribution in [2.24, 2.45) is 11.1 Å². The predicted molar refractivity (Wildman–Crippen MR) is 65.2 cm³/mol. The highest BCUT2D eigenvalue weighted by molar-refractivity contribution is 5.91. The van der Waals surface area contributed by atoms with E-state index in [1.165, 1.54) is 0 Å². The summed E-state index contributed by atoms with van der Waals surface area (Å²) in [5.41, 5.74) is 5.15. The number of likely N-dealkylation sites (tertiary alicyclic amines) is 1. The van der Waals surface area contributed by atoms with Crippen LogP contribution in [0.1, 0.15) is 12.0 Å². The molecular formula is C13H16N2O3. The van der Waals surface area contributed by atoms with E-state index in [9.17, 15) is 14.7 Å². The zero-order valence-corrected chi connectivity index (χ0v) is 10.0. The second kappa shape index (κ2) is 4.78. The summed E-state index contributed by atoms with van der Waals surface area (Å²) < 4.78 is 0. The number of nitrogens with two attached hydrogens (primary N) is 1. The van der Waals surface area contributed by atoms with Crippen LogP contribution < -0.4 is 5.73 Å². The quantitative estimate of drug-likeness (QED) is 0.779. The van der Waals surface area contributed by atoms with E-state index in [4.69, 9.17) is 5.73 Å². The van der Waals surface area contributed by atoms with E-state index in [1.807, 2.05) is 30.3 Å².